The maximum Gasteiger partial charge on any atom is 0.323 e. The van der Waals surface area contributed by atoms with E-state index in [9.17, 15) is 9.59 Å². The Morgan fingerprint density at radius 3 is 2.10 bits per heavy atom. The van der Waals surface area contributed by atoms with Crippen molar-refractivity contribution in [2.75, 3.05) is 10.6 Å². The fourth-order valence-corrected chi connectivity index (χ4v) is 6.65. The van der Waals surface area contributed by atoms with E-state index < -0.39 is 6.03 Å². The summed E-state index contributed by atoms with van der Waals surface area (Å²) >= 11 is 0. The van der Waals surface area contributed by atoms with Gasteiger partial charge in [0.1, 0.15) is 23.7 Å². The lowest BCUT2D eigenvalue weighted by Crippen LogP contribution is -2.30. The molecule has 0 bridgehead atoms. The van der Waals surface area contributed by atoms with Gasteiger partial charge in [0, 0.05) is 41.8 Å². The third kappa shape index (κ3) is 9.63. The number of rotatable bonds is 17. The zero-order valence-electron chi connectivity index (χ0n) is 30.9. The molecular formula is C43H53N5O3. The number of pyridine rings is 3. The van der Waals surface area contributed by atoms with Crippen LogP contribution in [0.5, 0.6) is 5.75 Å². The highest BCUT2D eigenvalue weighted by Gasteiger charge is 2.23. The second-order valence-electron chi connectivity index (χ2n) is 13.9. The molecule has 268 valence electrons. The standard InChI is InChI=1S/C43H53N5O3/c1-6-7-8-9-10-11-12-13-27-48-41-37(21-16-24-45-41)38(33-17-14-18-34(28-33)51-29-32-22-25-44-26-23-32)40(42(48)49)47-43(50)46-39-35(30(2)3)19-15-20-36(39)31(4)5/h14-26,28,30-31H,6-13,27,29H2,1-5H3,(H2,46,47,50). The van der Waals surface area contributed by atoms with Crippen LogP contribution < -0.4 is 20.9 Å². The monoisotopic (exact) mass is 687 g/mol. The van der Waals surface area contributed by atoms with Crippen LogP contribution in [0.4, 0.5) is 16.2 Å². The van der Waals surface area contributed by atoms with Crippen molar-refractivity contribution in [3.8, 4) is 16.9 Å². The average molecular weight is 688 g/mol. The van der Waals surface area contributed by atoms with Crippen LogP contribution in [0.2, 0.25) is 0 Å². The van der Waals surface area contributed by atoms with E-state index in [0.717, 1.165) is 52.6 Å². The SMILES string of the molecule is CCCCCCCCCCn1c(=O)c(NC(=O)Nc2c(C(C)C)cccc2C(C)C)c(-c2cccc(OCc3ccncc3)c2)c2cccnc21. The number of hydrogen-bond donors (Lipinski definition) is 2. The number of nitrogens with one attached hydrogen (secondary N) is 2. The van der Waals surface area contributed by atoms with Gasteiger partial charge in [0.25, 0.3) is 5.56 Å². The molecule has 2 aromatic carbocycles. The van der Waals surface area contributed by atoms with Gasteiger partial charge < -0.3 is 15.4 Å². The van der Waals surface area contributed by atoms with Crippen molar-refractivity contribution in [3.05, 3.63) is 112 Å². The molecule has 3 heterocycles. The van der Waals surface area contributed by atoms with Gasteiger partial charge in [-0.25, -0.2) is 9.78 Å². The Labute approximate surface area is 302 Å². The highest BCUT2D eigenvalue weighted by molar-refractivity contribution is 6.07. The minimum atomic E-state index is -0.463. The van der Waals surface area contributed by atoms with Gasteiger partial charge in [-0.2, -0.15) is 0 Å². The number of ether oxygens (including phenoxy) is 1. The van der Waals surface area contributed by atoms with Crippen molar-refractivity contribution in [3.63, 3.8) is 0 Å². The molecule has 2 amide bonds. The number of carbonyl (C=O) groups is 1. The van der Waals surface area contributed by atoms with Gasteiger partial charge >= 0.3 is 6.03 Å². The van der Waals surface area contributed by atoms with Crippen LogP contribution in [0.1, 0.15) is 115 Å². The summed E-state index contributed by atoms with van der Waals surface area (Å²) in [5.41, 5.74) is 5.77. The largest absolute Gasteiger partial charge is 0.489 e. The number of amides is 2. The van der Waals surface area contributed by atoms with Crippen molar-refractivity contribution in [2.45, 2.75) is 111 Å². The van der Waals surface area contributed by atoms with Crippen LogP contribution in [0.15, 0.2) is 90.1 Å². The summed E-state index contributed by atoms with van der Waals surface area (Å²) < 4.78 is 7.90. The number of hydrogen-bond acceptors (Lipinski definition) is 5. The van der Waals surface area contributed by atoms with Gasteiger partial charge in [-0.1, -0.05) is 110 Å². The minimum absolute atomic E-state index is 0.195. The maximum absolute atomic E-state index is 14.6. The lowest BCUT2D eigenvalue weighted by Gasteiger charge is -2.22. The lowest BCUT2D eigenvalue weighted by molar-refractivity contribution is 0.262. The summed E-state index contributed by atoms with van der Waals surface area (Å²) in [5, 5.41) is 6.97. The summed E-state index contributed by atoms with van der Waals surface area (Å²) in [6.45, 7) is 11.6. The molecule has 0 aliphatic heterocycles. The van der Waals surface area contributed by atoms with E-state index in [0.29, 0.717) is 30.1 Å². The summed E-state index contributed by atoms with van der Waals surface area (Å²) in [6.07, 6.45) is 14.5. The van der Waals surface area contributed by atoms with E-state index >= 15 is 0 Å². The first-order valence-electron chi connectivity index (χ1n) is 18.6. The van der Waals surface area contributed by atoms with Crippen molar-refractivity contribution in [1.82, 2.24) is 14.5 Å². The van der Waals surface area contributed by atoms with Gasteiger partial charge in [0.15, 0.2) is 0 Å². The Hall–Kier alpha value is -4.98. The van der Waals surface area contributed by atoms with Crippen LogP contribution in [-0.2, 0) is 13.2 Å². The number of unbranched alkanes of at least 4 members (excludes halogenated alkanes) is 7. The van der Waals surface area contributed by atoms with Crippen LogP contribution in [0.3, 0.4) is 0 Å². The van der Waals surface area contributed by atoms with Gasteiger partial charge in [-0.05, 0) is 76.9 Å². The van der Waals surface area contributed by atoms with Crippen molar-refractivity contribution in [2.24, 2.45) is 0 Å². The first-order chi connectivity index (χ1) is 24.8. The number of benzene rings is 2. The van der Waals surface area contributed by atoms with Crippen molar-refractivity contribution >= 4 is 28.4 Å². The Morgan fingerprint density at radius 1 is 0.765 bits per heavy atom. The molecule has 8 heteroatoms. The van der Waals surface area contributed by atoms with E-state index in [2.05, 4.69) is 50.2 Å². The van der Waals surface area contributed by atoms with Crippen LogP contribution in [0, 0.1) is 0 Å². The highest BCUT2D eigenvalue weighted by atomic mass is 16.5. The zero-order valence-corrected chi connectivity index (χ0v) is 30.9. The molecule has 2 N–H and O–H groups in total. The highest BCUT2D eigenvalue weighted by Crippen LogP contribution is 2.36. The van der Waals surface area contributed by atoms with Gasteiger partial charge in [-0.15, -0.1) is 0 Å². The number of urea groups is 1. The van der Waals surface area contributed by atoms with E-state index in [-0.39, 0.29) is 23.1 Å². The second-order valence-corrected chi connectivity index (χ2v) is 13.9. The molecule has 51 heavy (non-hydrogen) atoms. The minimum Gasteiger partial charge on any atom is -0.489 e. The lowest BCUT2D eigenvalue weighted by atomic mass is 9.93. The first-order valence-corrected chi connectivity index (χ1v) is 18.6. The fraction of sp³-hybridized carbons (Fsp3) is 0.395. The number of nitrogens with zero attached hydrogens (tertiary/aromatic N) is 3. The van der Waals surface area contributed by atoms with Gasteiger partial charge in [0.2, 0.25) is 0 Å². The van der Waals surface area contributed by atoms with Crippen LogP contribution in [-0.4, -0.2) is 20.6 Å². The Bertz CT molecular complexity index is 1930. The topological polar surface area (TPSA) is 98.1 Å². The molecule has 5 aromatic rings. The van der Waals surface area contributed by atoms with E-state index in [4.69, 9.17) is 9.72 Å². The molecule has 0 aliphatic rings. The predicted molar refractivity (Wildman–Crippen MR) is 210 cm³/mol. The summed E-state index contributed by atoms with van der Waals surface area (Å²) in [6, 6.07) is 21.0. The summed E-state index contributed by atoms with van der Waals surface area (Å²) in [4.78, 5) is 37.4. The molecule has 0 saturated heterocycles. The maximum atomic E-state index is 14.6. The molecule has 3 aromatic heterocycles. The second kappa shape index (κ2) is 18.3. The van der Waals surface area contributed by atoms with Crippen molar-refractivity contribution in [1.29, 1.82) is 0 Å². The first kappa shape index (κ1) is 37.3. The van der Waals surface area contributed by atoms with Crippen molar-refractivity contribution < 1.29 is 9.53 Å². The normalized spacial score (nSPS) is 11.4. The molecule has 5 rings (SSSR count). The Kier molecular flexibility index (Phi) is 13.4. The average Bonchev–Trinajstić information content (AvgIpc) is 3.13. The molecule has 0 spiro atoms. The van der Waals surface area contributed by atoms with E-state index in [1.54, 1.807) is 23.2 Å². The summed E-state index contributed by atoms with van der Waals surface area (Å²) in [5.74, 6) is 1.03. The number of aromatic nitrogens is 3. The summed E-state index contributed by atoms with van der Waals surface area (Å²) in [7, 11) is 0. The molecule has 0 saturated carbocycles. The molecule has 8 nitrogen and oxygen atoms in total. The van der Waals surface area contributed by atoms with Crippen LogP contribution in [0.25, 0.3) is 22.2 Å². The molecule has 0 unspecified atom stereocenters. The Morgan fingerprint density at radius 2 is 1.41 bits per heavy atom. The van der Waals surface area contributed by atoms with Gasteiger partial charge in [-0.3, -0.25) is 14.3 Å². The number of carbonyl (C=O) groups excluding carboxylic acids is 1. The quantitative estimate of drug-likeness (QED) is 0.0948. The molecule has 0 fully saturated rings. The zero-order chi connectivity index (χ0) is 36.2. The molecule has 0 radical (unpaired) electrons. The van der Waals surface area contributed by atoms with Crippen LogP contribution >= 0.6 is 0 Å². The number of para-hydroxylation sites is 1. The third-order valence-electron chi connectivity index (χ3n) is 9.38. The smallest absolute Gasteiger partial charge is 0.323 e. The van der Waals surface area contributed by atoms with E-state index in [1.807, 2.05) is 66.7 Å². The van der Waals surface area contributed by atoms with Gasteiger partial charge in [0.05, 0.1) is 0 Å². The number of aryl methyl sites for hydroxylation is 1. The number of fused-ring (bicyclic) bond motifs is 1. The molecular weight excluding hydrogens is 635 g/mol. The van der Waals surface area contributed by atoms with E-state index in [1.165, 1.54) is 32.1 Å². The Balaban J connectivity index is 1.53. The number of anilines is 2. The fourth-order valence-electron chi connectivity index (χ4n) is 6.65. The predicted octanol–water partition coefficient (Wildman–Crippen LogP) is 11.1. The molecule has 0 atom stereocenters. The third-order valence-corrected chi connectivity index (χ3v) is 9.38. The molecule has 0 aliphatic carbocycles.